The third kappa shape index (κ3) is 6.20. The maximum atomic E-state index is 9.22. The molecule has 0 radical (unpaired) electrons. The number of aromatic nitrogens is 2. The monoisotopic (exact) mass is 262 g/mol. The largest absolute Gasteiger partial charge is 0.726 e. The fourth-order valence-corrected chi connectivity index (χ4v) is 1.22. The molecule has 0 atom stereocenters. The van der Waals surface area contributed by atoms with Crippen LogP contribution in [0, 0.1) is 0 Å². The Kier molecular flexibility index (Phi) is 6.71. The molecule has 0 unspecified atom stereocenters. The van der Waals surface area contributed by atoms with Crippen molar-refractivity contribution in [2.24, 2.45) is 7.05 Å². The SMILES string of the molecule is C=C[n+]1ccn(C)c1CCC.COS(=O)(=O)[O-]. The summed E-state index contributed by atoms with van der Waals surface area (Å²) >= 11 is 0. The van der Waals surface area contributed by atoms with Gasteiger partial charge in [0.2, 0.25) is 10.4 Å². The van der Waals surface area contributed by atoms with Crippen LogP contribution in [0.4, 0.5) is 0 Å². The molecule has 17 heavy (non-hydrogen) atoms. The zero-order valence-electron chi connectivity index (χ0n) is 10.3. The highest BCUT2D eigenvalue weighted by atomic mass is 32.3. The van der Waals surface area contributed by atoms with E-state index in [4.69, 9.17) is 0 Å². The Labute approximate surface area is 102 Å². The van der Waals surface area contributed by atoms with Gasteiger partial charge in [-0.15, -0.1) is 0 Å². The van der Waals surface area contributed by atoms with Gasteiger partial charge in [-0.1, -0.05) is 13.5 Å². The van der Waals surface area contributed by atoms with E-state index in [-0.39, 0.29) is 0 Å². The average Bonchev–Trinajstić information content (AvgIpc) is 2.61. The quantitative estimate of drug-likeness (QED) is 0.449. The van der Waals surface area contributed by atoms with Crippen LogP contribution in [-0.2, 0) is 28.1 Å². The van der Waals surface area contributed by atoms with Gasteiger partial charge in [-0.25, -0.2) is 17.6 Å². The van der Waals surface area contributed by atoms with E-state index in [1.54, 1.807) is 0 Å². The molecule has 1 aromatic rings. The van der Waals surface area contributed by atoms with Gasteiger partial charge in [-0.05, 0) is 6.42 Å². The minimum Gasteiger partial charge on any atom is -0.726 e. The van der Waals surface area contributed by atoms with Crippen molar-refractivity contribution in [1.82, 2.24) is 4.57 Å². The number of aryl methyl sites for hydroxylation is 1. The van der Waals surface area contributed by atoms with Crippen molar-refractivity contribution in [3.63, 3.8) is 0 Å². The molecule has 1 heterocycles. The summed E-state index contributed by atoms with van der Waals surface area (Å²) in [6.07, 6.45) is 8.19. The number of imidazole rings is 1. The molecule has 98 valence electrons. The summed E-state index contributed by atoms with van der Waals surface area (Å²) in [5, 5.41) is 0. The second kappa shape index (κ2) is 7.21. The lowest BCUT2D eigenvalue weighted by atomic mass is 10.3. The topological polar surface area (TPSA) is 75.2 Å². The molecule has 0 aliphatic carbocycles. The van der Waals surface area contributed by atoms with Crippen LogP contribution in [0.25, 0.3) is 6.20 Å². The van der Waals surface area contributed by atoms with E-state index in [2.05, 4.69) is 33.9 Å². The molecule has 0 N–H and O–H groups in total. The van der Waals surface area contributed by atoms with Gasteiger partial charge in [0.15, 0.2) is 0 Å². The van der Waals surface area contributed by atoms with Crippen molar-refractivity contribution < 1.29 is 21.7 Å². The first kappa shape index (κ1) is 15.8. The predicted molar refractivity (Wildman–Crippen MR) is 62.7 cm³/mol. The molecule has 7 heteroatoms. The van der Waals surface area contributed by atoms with Gasteiger partial charge in [0, 0.05) is 6.42 Å². The molecule has 0 aromatic carbocycles. The molecular weight excluding hydrogens is 244 g/mol. The summed E-state index contributed by atoms with van der Waals surface area (Å²) in [6, 6.07) is 0. The van der Waals surface area contributed by atoms with Gasteiger partial charge in [0.05, 0.1) is 20.4 Å². The first-order valence-electron chi connectivity index (χ1n) is 5.05. The molecule has 0 aliphatic heterocycles. The summed E-state index contributed by atoms with van der Waals surface area (Å²) in [4.78, 5) is 0. The van der Waals surface area contributed by atoms with Crippen molar-refractivity contribution in [3.05, 3.63) is 24.8 Å². The van der Waals surface area contributed by atoms with Crippen LogP contribution < -0.4 is 4.57 Å². The van der Waals surface area contributed by atoms with Crippen LogP contribution in [0.3, 0.4) is 0 Å². The highest BCUT2D eigenvalue weighted by Gasteiger charge is 2.09. The zero-order valence-corrected chi connectivity index (χ0v) is 11.1. The predicted octanol–water partition coefficient (Wildman–Crippen LogP) is 0.459. The van der Waals surface area contributed by atoms with Crippen molar-refractivity contribution in [1.29, 1.82) is 0 Å². The van der Waals surface area contributed by atoms with Gasteiger partial charge in [0.1, 0.15) is 12.4 Å². The molecule has 6 nitrogen and oxygen atoms in total. The summed E-state index contributed by atoms with van der Waals surface area (Å²) < 4.78 is 35.2. The van der Waals surface area contributed by atoms with Crippen molar-refractivity contribution in [3.8, 4) is 0 Å². The second-order valence-corrected chi connectivity index (χ2v) is 4.39. The number of nitrogens with zero attached hydrogens (tertiary/aromatic N) is 2. The fraction of sp³-hybridized carbons (Fsp3) is 0.500. The first-order valence-corrected chi connectivity index (χ1v) is 6.38. The maximum absolute atomic E-state index is 9.22. The molecule has 0 aliphatic rings. The van der Waals surface area contributed by atoms with Gasteiger partial charge in [-0.3, -0.25) is 4.18 Å². The van der Waals surface area contributed by atoms with Gasteiger partial charge in [0.25, 0.3) is 5.82 Å². The second-order valence-electron chi connectivity index (χ2n) is 3.24. The molecule has 0 amide bonds. The van der Waals surface area contributed by atoms with Gasteiger partial charge < -0.3 is 4.55 Å². The zero-order chi connectivity index (χ0) is 13.5. The number of rotatable bonds is 4. The van der Waals surface area contributed by atoms with Gasteiger partial charge in [-0.2, -0.15) is 0 Å². The first-order chi connectivity index (χ1) is 7.85. The fourth-order valence-electron chi connectivity index (χ4n) is 1.22. The Morgan fingerprint density at radius 3 is 2.53 bits per heavy atom. The Bertz CT molecular complexity index is 451. The molecule has 1 aromatic heterocycles. The normalized spacial score (nSPS) is 10.6. The van der Waals surface area contributed by atoms with E-state index in [9.17, 15) is 13.0 Å². The average molecular weight is 262 g/mol. The van der Waals surface area contributed by atoms with E-state index < -0.39 is 10.4 Å². The highest BCUT2D eigenvalue weighted by molar-refractivity contribution is 7.80. The summed E-state index contributed by atoms with van der Waals surface area (Å²) in [5.41, 5.74) is 0. The van der Waals surface area contributed by atoms with E-state index in [1.807, 2.05) is 18.6 Å². The highest BCUT2D eigenvalue weighted by Crippen LogP contribution is 1.96. The molecular formula is C10H18N2O4S. The van der Waals surface area contributed by atoms with Crippen molar-refractivity contribution in [2.45, 2.75) is 19.8 Å². The van der Waals surface area contributed by atoms with Crippen LogP contribution >= 0.6 is 0 Å². The van der Waals surface area contributed by atoms with Crippen LogP contribution in [-0.4, -0.2) is 24.6 Å². The number of hydrogen-bond acceptors (Lipinski definition) is 4. The van der Waals surface area contributed by atoms with Crippen molar-refractivity contribution in [2.75, 3.05) is 7.11 Å². The van der Waals surface area contributed by atoms with E-state index >= 15 is 0 Å². The lowest BCUT2D eigenvalue weighted by molar-refractivity contribution is -0.576. The van der Waals surface area contributed by atoms with Crippen molar-refractivity contribution >= 4 is 16.6 Å². The van der Waals surface area contributed by atoms with E-state index in [0.717, 1.165) is 13.5 Å². The Balaban J connectivity index is 0.000000366. The van der Waals surface area contributed by atoms with Crippen LogP contribution in [0.5, 0.6) is 0 Å². The molecule has 0 bridgehead atoms. The molecule has 0 saturated carbocycles. The lowest BCUT2D eigenvalue weighted by Gasteiger charge is -1.98. The van der Waals surface area contributed by atoms with Crippen LogP contribution in [0.15, 0.2) is 19.0 Å². The van der Waals surface area contributed by atoms with Crippen LogP contribution in [0.2, 0.25) is 0 Å². The Morgan fingerprint density at radius 1 is 1.65 bits per heavy atom. The molecule has 0 fully saturated rings. The Morgan fingerprint density at radius 2 is 2.18 bits per heavy atom. The third-order valence-electron chi connectivity index (χ3n) is 2.03. The van der Waals surface area contributed by atoms with Crippen LogP contribution in [0.1, 0.15) is 19.2 Å². The summed E-state index contributed by atoms with van der Waals surface area (Å²) in [6.45, 7) is 5.92. The standard InChI is InChI=1S/C9H15N2.CH4O4S/c1-4-6-9-10(3)7-8-11(9)5-2;1-5-6(2,3)4/h5,7-8H,2,4,6H2,1,3H3;1H3,(H,2,3,4)/q+1;/p-1. The minimum atomic E-state index is -4.41. The molecule has 0 saturated heterocycles. The minimum absolute atomic E-state index is 0.808. The lowest BCUT2D eigenvalue weighted by Crippen LogP contribution is -2.29. The maximum Gasteiger partial charge on any atom is 0.260 e. The molecule has 0 spiro atoms. The van der Waals surface area contributed by atoms with Gasteiger partial charge >= 0.3 is 0 Å². The smallest absolute Gasteiger partial charge is 0.260 e. The molecule has 1 rings (SSSR count). The third-order valence-corrected chi connectivity index (χ3v) is 2.44. The summed E-state index contributed by atoms with van der Waals surface area (Å²) in [7, 11) is -1.54. The van der Waals surface area contributed by atoms with E-state index in [0.29, 0.717) is 0 Å². The summed E-state index contributed by atoms with van der Waals surface area (Å²) in [5.74, 6) is 1.31. The van der Waals surface area contributed by atoms with E-state index in [1.165, 1.54) is 12.2 Å². The number of hydrogen-bond donors (Lipinski definition) is 0. The Hall–Kier alpha value is -1.18.